The van der Waals surface area contributed by atoms with Crippen LogP contribution in [0, 0.1) is 0 Å². The van der Waals surface area contributed by atoms with E-state index in [1.807, 2.05) is 11.0 Å². The number of amidine groups is 1. The first-order chi connectivity index (χ1) is 14.3. The number of nitrogens with two attached hydrogens (primary N) is 1. The summed E-state index contributed by atoms with van der Waals surface area (Å²) in [5, 5.41) is 12.8. The average molecular weight is 428 g/mol. The number of phenols is 1. The van der Waals surface area contributed by atoms with Crippen molar-refractivity contribution >= 4 is 27.2 Å². The number of aliphatic imine (C=N–C) groups is 1. The lowest BCUT2D eigenvalue weighted by Gasteiger charge is -2.31. The minimum atomic E-state index is -3.49. The molecular formula is C21H25N5O3S. The molecule has 8 nitrogen and oxygen atoms in total. The second-order valence-corrected chi connectivity index (χ2v) is 8.59. The summed E-state index contributed by atoms with van der Waals surface area (Å²) in [5.41, 5.74) is 8.29. The standard InChI is InChI=1S/C21H25N5O3S/c1-15(24-17-5-8-19(9-6-17)30(28,29)23-2)25-21(11-12-22)26-13-3-4-16-14-18(27)7-10-20(16)26/h5-12,14,23-24,27H,1,3-4,13,22H2,2H3/b12-11-,25-21?. The van der Waals surface area contributed by atoms with E-state index < -0.39 is 10.0 Å². The van der Waals surface area contributed by atoms with Gasteiger partial charge in [-0.1, -0.05) is 6.58 Å². The fourth-order valence-corrected chi connectivity index (χ4v) is 3.99. The van der Waals surface area contributed by atoms with E-state index in [1.54, 1.807) is 30.3 Å². The molecule has 0 saturated carbocycles. The molecule has 1 aliphatic heterocycles. The van der Waals surface area contributed by atoms with Crippen molar-refractivity contribution in [2.24, 2.45) is 10.7 Å². The van der Waals surface area contributed by atoms with Gasteiger partial charge in [0.05, 0.1) is 4.90 Å². The van der Waals surface area contributed by atoms with Crippen molar-refractivity contribution in [3.05, 3.63) is 72.7 Å². The van der Waals surface area contributed by atoms with Crippen molar-refractivity contribution in [3.63, 3.8) is 0 Å². The molecule has 2 aromatic carbocycles. The zero-order valence-corrected chi connectivity index (χ0v) is 17.5. The van der Waals surface area contributed by atoms with E-state index in [4.69, 9.17) is 5.73 Å². The van der Waals surface area contributed by atoms with Crippen LogP contribution in [0.3, 0.4) is 0 Å². The highest BCUT2D eigenvalue weighted by Gasteiger charge is 2.20. The van der Waals surface area contributed by atoms with Crippen LogP contribution in [0.4, 0.5) is 11.4 Å². The third-order valence-electron chi connectivity index (χ3n) is 4.68. The van der Waals surface area contributed by atoms with Gasteiger partial charge in [0.15, 0.2) is 0 Å². The number of benzene rings is 2. The van der Waals surface area contributed by atoms with Crippen LogP contribution in [-0.2, 0) is 16.4 Å². The molecule has 158 valence electrons. The molecule has 3 rings (SSSR count). The van der Waals surface area contributed by atoms with Crippen LogP contribution in [0.1, 0.15) is 12.0 Å². The van der Waals surface area contributed by atoms with E-state index >= 15 is 0 Å². The third-order valence-corrected chi connectivity index (χ3v) is 6.11. The van der Waals surface area contributed by atoms with Gasteiger partial charge >= 0.3 is 0 Å². The predicted octanol–water partition coefficient (Wildman–Crippen LogP) is 2.51. The van der Waals surface area contributed by atoms with Gasteiger partial charge in [0, 0.05) is 17.9 Å². The number of hydrogen-bond donors (Lipinski definition) is 4. The number of aryl methyl sites for hydroxylation is 1. The number of fused-ring (bicyclic) bond motifs is 1. The summed E-state index contributed by atoms with van der Waals surface area (Å²) in [5.74, 6) is 1.22. The molecule has 0 saturated heterocycles. The molecule has 0 spiro atoms. The number of aromatic hydroxyl groups is 1. The number of nitrogens with zero attached hydrogens (tertiary/aromatic N) is 2. The monoisotopic (exact) mass is 427 g/mol. The van der Waals surface area contributed by atoms with Crippen molar-refractivity contribution in [1.29, 1.82) is 0 Å². The summed E-state index contributed by atoms with van der Waals surface area (Å²) in [4.78, 5) is 6.77. The maximum absolute atomic E-state index is 11.8. The van der Waals surface area contributed by atoms with E-state index in [2.05, 4.69) is 21.6 Å². The van der Waals surface area contributed by atoms with E-state index in [0.29, 0.717) is 17.3 Å². The lowest BCUT2D eigenvalue weighted by atomic mass is 10.0. The predicted molar refractivity (Wildman–Crippen MR) is 120 cm³/mol. The quantitative estimate of drug-likeness (QED) is 0.415. The number of nitrogens with one attached hydrogen (secondary N) is 2. The Bertz CT molecular complexity index is 1090. The lowest BCUT2D eigenvalue weighted by molar-refractivity contribution is 0.474. The van der Waals surface area contributed by atoms with Gasteiger partial charge in [0.1, 0.15) is 17.4 Å². The number of rotatable bonds is 6. The SMILES string of the molecule is C=C(N=C(/C=C\N)N1CCCc2cc(O)ccc21)Nc1ccc(S(=O)(=O)NC)cc1. The smallest absolute Gasteiger partial charge is 0.240 e. The fraction of sp³-hybridized carbons (Fsp3) is 0.190. The van der Waals surface area contributed by atoms with Crippen LogP contribution < -0.4 is 20.7 Å². The Hall–Kier alpha value is -3.30. The first kappa shape index (κ1) is 21.4. The van der Waals surface area contributed by atoms with Gasteiger partial charge in [-0.2, -0.15) is 0 Å². The number of hydrogen-bond acceptors (Lipinski definition) is 6. The Morgan fingerprint density at radius 2 is 2.00 bits per heavy atom. The van der Waals surface area contributed by atoms with E-state index in [0.717, 1.165) is 30.6 Å². The molecule has 0 aliphatic carbocycles. The number of sulfonamides is 1. The second-order valence-electron chi connectivity index (χ2n) is 6.70. The van der Waals surface area contributed by atoms with Crippen LogP contribution in [0.5, 0.6) is 5.75 Å². The summed E-state index contributed by atoms with van der Waals surface area (Å²) >= 11 is 0. The highest BCUT2D eigenvalue weighted by atomic mass is 32.2. The first-order valence-electron chi connectivity index (χ1n) is 9.40. The molecule has 0 bridgehead atoms. The summed E-state index contributed by atoms with van der Waals surface area (Å²) in [7, 11) is -2.13. The summed E-state index contributed by atoms with van der Waals surface area (Å²) in [6.45, 7) is 4.71. The van der Waals surface area contributed by atoms with Gasteiger partial charge in [0.25, 0.3) is 0 Å². The second kappa shape index (κ2) is 9.02. The zero-order valence-electron chi connectivity index (χ0n) is 16.7. The van der Waals surface area contributed by atoms with Crippen molar-refractivity contribution in [2.75, 3.05) is 23.8 Å². The van der Waals surface area contributed by atoms with Crippen LogP contribution in [0.15, 0.2) is 77.0 Å². The Morgan fingerprint density at radius 1 is 1.27 bits per heavy atom. The van der Waals surface area contributed by atoms with E-state index in [9.17, 15) is 13.5 Å². The van der Waals surface area contributed by atoms with Crippen molar-refractivity contribution in [2.45, 2.75) is 17.7 Å². The number of phenolic OH excluding ortho intramolecular Hbond substituents is 1. The summed E-state index contributed by atoms with van der Waals surface area (Å²) < 4.78 is 26.0. The number of anilines is 2. The van der Waals surface area contributed by atoms with Crippen LogP contribution in [0.2, 0.25) is 0 Å². The van der Waals surface area contributed by atoms with Crippen LogP contribution in [0.25, 0.3) is 0 Å². The van der Waals surface area contributed by atoms with Gasteiger partial charge in [-0.15, -0.1) is 0 Å². The minimum absolute atomic E-state index is 0.171. The molecule has 0 unspecified atom stereocenters. The molecule has 0 radical (unpaired) electrons. The molecule has 0 fully saturated rings. The summed E-state index contributed by atoms with van der Waals surface area (Å²) in [6, 6.07) is 11.6. The minimum Gasteiger partial charge on any atom is -0.508 e. The first-order valence-corrected chi connectivity index (χ1v) is 10.9. The maximum atomic E-state index is 11.8. The Kier molecular flexibility index (Phi) is 6.43. The average Bonchev–Trinajstić information content (AvgIpc) is 2.73. The Morgan fingerprint density at radius 3 is 2.67 bits per heavy atom. The molecule has 1 heterocycles. The van der Waals surface area contributed by atoms with Gasteiger partial charge in [-0.3, -0.25) is 0 Å². The molecule has 0 aromatic heterocycles. The van der Waals surface area contributed by atoms with Gasteiger partial charge in [-0.25, -0.2) is 18.1 Å². The zero-order chi connectivity index (χ0) is 21.7. The fourth-order valence-electron chi connectivity index (χ4n) is 3.26. The molecular weight excluding hydrogens is 402 g/mol. The van der Waals surface area contributed by atoms with Crippen LogP contribution in [-0.4, -0.2) is 33.0 Å². The van der Waals surface area contributed by atoms with Crippen molar-refractivity contribution in [3.8, 4) is 5.75 Å². The molecule has 9 heteroatoms. The Labute approximate surface area is 176 Å². The van der Waals surface area contributed by atoms with Crippen molar-refractivity contribution in [1.82, 2.24) is 4.72 Å². The largest absolute Gasteiger partial charge is 0.508 e. The van der Waals surface area contributed by atoms with E-state index in [1.165, 1.54) is 25.4 Å². The van der Waals surface area contributed by atoms with Gasteiger partial charge in [-0.05, 0) is 80.2 Å². The van der Waals surface area contributed by atoms with Crippen molar-refractivity contribution < 1.29 is 13.5 Å². The van der Waals surface area contributed by atoms with Gasteiger partial charge in [0.2, 0.25) is 10.0 Å². The third kappa shape index (κ3) is 4.81. The molecule has 0 amide bonds. The highest BCUT2D eigenvalue weighted by Crippen LogP contribution is 2.30. The lowest BCUT2D eigenvalue weighted by Crippen LogP contribution is -2.34. The van der Waals surface area contributed by atoms with E-state index in [-0.39, 0.29) is 10.6 Å². The molecule has 2 aromatic rings. The molecule has 0 atom stereocenters. The molecule has 1 aliphatic rings. The van der Waals surface area contributed by atoms with Gasteiger partial charge < -0.3 is 21.1 Å². The molecule has 30 heavy (non-hydrogen) atoms. The maximum Gasteiger partial charge on any atom is 0.240 e. The molecule has 5 N–H and O–H groups in total. The highest BCUT2D eigenvalue weighted by molar-refractivity contribution is 7.89. The van der Waals surface area contributed by atoms with Crippen LogP contribution >= 0.6 is 0 Å². The topological polar surface area (TPSA) is 120 Å². The Balaban J connectivity index is 1.82. The summed E-state index contributed by atoms with van der Waals surface area (Å²) in [6.07, 6.45) is 4.89. The normalized spacial score (nSPS) is 14.6.